The zero-order valence-electron chi connectivity index (χ0n) is 13.7. The van der Waals surface area contributed by atoms with Crippen LogP contribution in [0.3, 0.4) is 0 Å². The van der Waals surface area contributed by atoms with E-state index in [9.17, 15) is 5.11 Å². The van der Waals surface area contributed by atoms with E-state index < -0.39 is 6.10 Å². The van der Waals surface area contributed by atoms with Gasteiger partial charge in [-0.25, -0.2) is 0 Å². The molecule has 2 N–H and O–H groups in total. The van der Waals surface area contributed by atoms with Gasteiger partial charge in [-0.3, -0.25) is 0 Å². The number of rotatable bonds is 5. The molecule has 3 atom stereocenters. The van der Waals surface area contributed by atoms with Crippen LogP contribution in [0.25, 0.3) is 0 Å². The molecule has 0 bridgehead atoms. The normalized spacial score (nSPS) is 22.5. The molecule has 1 saturated heterocycles. The predicted octanol–water partition coefficient (Wildman–Crippen LogP) is 3.22. The number of hydrogen-bond donors (Lipinski definition) is 2. The first kappa shape index (κ1) is 16.0. The summed E-state index contributed by atoms with van der Waals surface area (Å²) in [6, 6.07) is 20.9. The number of hydrogen-bond acceptors (Lipinski definition) is 3. The van der Waals surface area contributed by atoms with Gasteiger partial charge in [0.05, 0.1) is 6.10 Å². The Morgan fingerprint density at radius 3 is 2.39 bits per heavy atom. The molecule has 1 aliphatic heterocycles. The number of benzene rings is 2. The number of anilines is 1. The molecule has 0 saturated carbocycles. The Morgan fingerprint density at radius 2 is 1.74 bits per heavy atom. The second kappa shape index (κ2) is 7.62. The summed E-state index contributed by atoms with van der Waals surface area (Å²) < 4.78 is 0. The molecule has 3 rings (SSSR count). The molecule has 0 aliphatic carbocycles. The minimum atomic E-state index is -0.474. The molecule has 1 heterocycles. The first-order chi connectivity index (χ1) is 11.3. The van der Waals surface area contributed by atoms with Gasteiger partial charge in [-0.2, -0.15) is 0 Å². The van der Waals surface area contributed by atoms with Crippen molar-refractivity contribution >= 4 is 5.69 Å². The lowest BCUT2D eigenvalue weighted by molar-refractivity contribution is 0.174. The zero-order chi connectivity index (χ0) is 16.1. The van der Waals surface area contributed by atoms with E-state index in [0.717, 1.165) is 25.1 Å². The zero-order valence-corrected chi connectivity index (χ0v) is 13.7. The first-order valence-electron chi connectivity index (χ1n) is 8.51. The second-order valence-electron chi connectivity index (χ2n) is 6.45. The molecule has 3 nitrogen and oxygen atoms in total. The van der Waals surface area contributed by atoms with Crippen LogP contribution >= 0.6 is 0 Å². The van der Waals surface area contributed by atoms with E-state index in [0.29, 0.717) is 18.5 Å². The van der Waals surface area contributed by atoms with E-state index in [1.54, 1.807) is 0 Å². The van der Waals surface area contributed by atoms with Gasteiger partial charge in [0.15, 0.2) is 0 Å². The molecule has 2 aromatic rings. The van der Waals surface area contributed by atoms with Crippen LogP contribution in [0.2, 0.25) is 0 Å². The van der Waals surface area contributed by atoms with Gasteiger partial charge in [-0.1, -0.05) is 55.5 Å². The van der Waals surface area contributed by atoms with Crippen LogP contribution in [0.4, 0.5) is 5.69 Å². The monoisotopic (exact) mass is 310 g/mol. The quantitative estimate of drug-likeness (QED) is 0.890. The van der Waals surface area contributed by atoms with Gasteiger partial charge >= 0.3 is 0 Å². The standard InChI is InChI=1S/C20H26N2O/c1-16-14-21-13-12-19(16)22(18-10-6-3-7-11-18)15-20(23)17-8-4-2-5-9-17/h2-11,16,19-21,23H,12-15H2,1H3/t16-,19-,20+/m0/s1. The fourth-order valence-corrected chi connectivity index (χ4v) is 3.48. The molecule has 0 amide bonds. The van der Waals surface area contributed by atoms with Crippen molar-refractivity contribution < 1.29 is 5.11 Å². The van der Waals surface area contributed by atoms with Crippen molar-refractivity contribution in [3.8, 4) is 0 Å². The third-order valence-electron chi connectivity index (χ3n) is 4.78. The maximum atomic E-state index is 10.7. The molecule has 0 aromatic heterocycles. The van der Waals surface area contributed by atoms with Gasteiger partial charge < -0.3 is 15.3 Å². The highest BCUT2D eigenvalue weighted by Gasteiger charge is 2.28. The number of aliphatic hydroxyl groups is 1. The summed E-state index contributed by atoms with van der Waals surface area (Å²) in [6.45, 7) is 5.00. The summed E-state index contributed by atoms with van der Waals surface area (Å²) in [6.07, 6.45) is 0.635. The van der Waals surface area contributed by atoms with Crippen LogP contribution in [-0.2, 0) is 0 Å². The lowest BCUT2D eigenvalue weighted by atomic mass is 9.92. The van der Waals surface area contributed by atoms with Crippen molar-refractivity contribution in [2.45, 2.75) is 25.5 Å². The third kappa shape index (κ3) is 3.92. The number of nitrogens with zero attached hydrogens (tertiary/aromatic N) is 1. The molecule has 2 aromatic carbocycles. The van der Waals surface area contributed by atoms with Crippen molar-refractivity contribution in [3.05, 3.63) is 66.2 Å². The highest BCUT2D eigenvalue weighted by Crippen LogP contribution is 2.27. The third-order valence-corrected chi connectivity index (χ3v) is 4.78. The van der Waals surface area contributed by atoms with Gasteiger partial charge in [0.1, 0.15) is 0 Å². The molecule has 1 fully saturated rings. The van der Waals surface area contributed by atoms with Gasteiger partial charge in [0.25, 0.3) is 0 Å². The van der Waals surface area contributed by atoms with Crippen LogP contribution in [0.1, 0.15) is 25.0 Å². The van der Waals surface area contributed by atoms with E-state index in [4.69, 9.17) is 0 Å². The SMILES string of the molecule is C[C@H]1CNCC[C@@H]1N(C[C@@H](O)c1ccccc1)c1ccccc1. The Hall–Kier alpha value is -1.84. The summed E-state index contributed by atoms with van der Waals surface area (Å²) in [7, 11) is 0. The lowest BCUT2D eigenvalue weighted by Gasteiger charge is -2.41. The molecule has 122 valence electrons. The summed E-state index contributed by atoms with van der Waals surface area (Å²) in [5.74, 6) is 0.562. The predicted molar refractivity (Wildman–Crippen MR) is 95.6 cm³/mol. The molecule has 3 heteroatoms. The van der Waals surface area contributed by atoms with Crippen LogP contribution in [-0.4, -0.2) is 30.8 Å². The number of nitrogens with one attached hydrogen (secondary N) is 1. The van der Waals surface area contributed by atoms with Crippen molar-refractivity contribution in [1.82, 2.24) is 5.32 Å². The molecular formula is C20H26N2O. The van der Waals surface area contributed by atoms with Gasteiger partial charge in [-0.15, -0.1) is 0 Å². The maximum Gasteiger partial charge on any atom is 0.0964 e. The largest absolute Gasteiger partial charge is 0.387 e. The number of piperidine rings is 1. The van der Waals surface area contributed by atoms with E-state index in [1.807, 2.05) is 36.4 Å². The summed E-state index contributed by atoms with van der Waals surface area (Å²) in [4.78, 5) is 2.39. The number of para-hydroxylation sites is 1. The van der Waals surface area contributed by atoms with E-state index in [1.165, 1.54) is 5.69 Å². The van der Waals surface area contributed by atoms with E-state index in [2.05, 4.69) is 41.4 Å². The molecule has 0 radical (unpaired) electrons. The average molecular weight is 310 g/mol. The topological polar surface area (TPSA) is 35.5 Å². The molecule has 1 aliphatic rings. The maximum absolute atomic E-state index is 10.7. The van der Waals surface area contributed by atoms with Crippen LogP contribution in [0.15, 0.2) is 60.7 Å². The fourth-order valence-electron chi connectivity index (χ4n) is 3.48. The summed E-state index contributed by atoms with van der Waals surface area (Å²) >= 11 is 0. The molecule has 0 unspecified atom stereocenters. The Bertz CT molecular complexity index is 587. The fraction of sp³-hybridized carbons (Fsp3) is 0.400. The van der Waals surface area contributed by atoms with Crippen molar-refractivity contribution in [2.75, 3.05) is 24.5 Å². The minimum absolute atomic E-state index is 0.456. The summed E-state index contributed by atoms with van der Waals surface area (Å²) in [5, 5.41) is 14.2. The Balaban J connectivity index is 1.83. The number of aliphatic hydroxyl groups excluding tert-OH is 1. The van der Waals surface area contributed by atoms with Crippen molar-refractivity contribution in [3.63, 3.8) is 0 Å². The van der Waals surface area contributed by atoms with E-state index >= 15 is 0 Å². The van der Waals surface area contributed by atoms with E-state index in [-0.39, 0.29) is 0 Å². The summed E-state index contributed by atoms with van der Waals surface area (Å²) in [5.41, 5.74) is 2.18. The van der Waals surface area contributed by atoms with Gasteiger partial charge in [0.2, 0.25) is 0 Å². The van der Waals surface area contributed by atoms with Crippen molar-refractivity contribution in [2.24, 2.45) is 5.92 Å². The molecule has 0 spiro atoms. The Morgan fingerprint density at radius 1 is 1.09 bits per heavy atom. The van der Waals surface area contributed by atoms with Crippen LogP contribution in [0.5, 0.6) is 0 Å². The Labute approximate surface area is 139 Å². The first-order valence-corrected chi connectivity index (χ1v) is 8.51. The smallest absolute Gasteiger partial charge is 0.0964 e. The Kier molecular flexibility index (Phi) is 5.31. The highest BCUT2D eigenvalue weighted by atomic mass is 16.3. The lowest BCUT2D eigenvalue weighted by Crippen LogP contribution is -2.50. The molecule has 23 heavy (non-hydrogen) atoms. The minimum Gasteiger partial charge on any atom is -0.387 e. The highest BCUT2D eigenvalue weighted by molar-refractivity contribution is 5.48. The van der Waals surface area contributed by atoms with Gasteiger partial charge in [0, 0.05) is 18.3 Å². The van der Waals surface area contributed by atoms with Gasteiger partial charge in [-0.05, 0) is 43.1 Å². The van der Waals surface area contributed by atoms with Crippen LogP contribution in [0, 0.1) is 5.92 Å². The molecular weight excluding hydrogens is 284 g/mol. The van der Waals surface area contributed by atoms with Crippen molar-refractivity contribution in [1.29, 1.82) is 0 Å². The second-order valence-corrected chi connectivity index (χ2v) is 6.45. The van der Waals surface area contributed by atoms with Crippen LogP contribution < -0.4 is 10.2 Å². The average Bonchev–Trinajstić information content (AvgIpc) is 2.62.